The molecule has 2 rings (SSSR count). The Labute approximate surface area is 895 Å². The van der Waals surface area contributed by atoms with Crippen LogP contribution in [0.25, 0.3) is 0 Å². The first-order chi connectivity index (χ1) is 61.4. The Balaban J connectivity index is -0.000000124. The first-order valence-electron chi connectivity index (χ1n) is 34.7. The van der Waals surface area contributed by atoms with Gasteiger partial charge in [0.1, 0.15) is 46.5 Å². The minimum atomic E-state index is -1.63. The Morgan fingerprint density at radius 3 is 1.03 bits per heavy atom. The van der Waals surface area contributed by atoms with Gasteiger partial charge in [-0.05, 0) is 26.3 Å². The maximum atomic E-state index is 11.5. The van der Waals surface area contributed by atoms with Crippen molar-refractivity contribution in [2.24, 2.45) is 57.3 Å². The van der Waals surface area contributed by atoms with Gasteiger partial charge in [0.05, 0.1) is 182 Å². The van der Waals surface area contributed by atoms with E-state index in [0.29, 0.717) is 18.7 Å². The van der Waals surface area contributed by atoms with E-state index in [-0.39, 0.29) is 226 Å². The molecule has 0 radical (unpaired) electrons. The SMILES string of the molecule is CCOC(=O)/C=C(\N)C(=O)OC.CCOC(=O)/C=C(\N)C(=O)[O-].CCOC(=O)/C=C(\N)C(N)=O.CN/C(=C\C(=O)OC)C(=O)[O-].COC(=O)/C=C(\N)C(=O)NCc1ccccc1.COC(=O)/C=C(\N)C(=O)OC.COC(=O)/C=C(\N)C(=O)[O-].COC(=O)/C=C(\N)C(N)=O.COC(=O)/C=C(\NC(C)=O)C(=O)OC.COC(=O)/C=C1\NC(C(=O)OC)COC1=O.NC(=O)CC(=O)C(=O)O.[K+].[K+].[K+]. The average molecular weight is 2010 g/mol. The van der Waals surface area contributed by atoms with Crippen molar-refractivity contribution < 1.29 is 365 Å². The van der Waals surface area contributed by atoms with Crippen molar-refractivity contribution in [2.45, 2.75) is 46.7 Å². The molecular formula is C74H101K3N14O44. The van der Waals surface area contributed by atoms with Gasteiger partial charge in [0.15, 0.2) is 6.04 Å². The van der Waals surface area contributed by atoms with Gasteiger partial charge >= 0.3 is 250 Å². The standard InChI is InChI=1S/C12H14N2O3.C9H11NO6.C8H11NO5.C7H11NO4.C6H10N2O3.3C6H9NO4.C5H8N2O3.C5H7NO4.C4H5NO4.3K/c1-17-11(15)7-10(13)12(16)14-8-9-5-3-2-4-6-9;1-14-7(11)3-5-9(13)16-4-6(10-5)8(12)15-2;1-5(10)9-6(8(12)14-3)4-7(11)13-2;1-3-12-6(9)4-5(8)7(10)11-2;1-2-11-5(9)3-4(7)6(8)10;1-10-5(8)3-4(7)6(9)11-2;1-7-4(6(9)10)3-5(8)11-2;1-2-11-5(8)3-4(7)6(9)10;1-10-4(8)2-3(6)5(7)9;1-10-4(7)2-3(6)5(8)9;5-3(7)1-2(6)4(8)9;;;/h2-7H,8,13H2,1H3,(H,14,16);3,6,10H,4H2,1-2H3;4H,1-3H3,(H,9,10);4H,3,8H2,1-2H3;3H,2,7H2,1H3,(H2,8,10);3H,7H2,1-2H3;3,7H,1-2H3,(H,9,10);3H,2,7H2,1H3,(H,9,10);2H,6H2,1H3,(H2,7,9);2H,6H2,1H3,(H,8,9);1H2,(H2,5,7)(H,8,9);;;/q;;;;;;;;;;;3*+1/p-3/b10-7-;5-3-;6-4-;5-4-;4*4-3-;2*3-2-;;;;. The molecule has 0 bridgehead atoms. The Kier molecular flexibility index (Phi) is 99.5. The zero-order chi connectivity index (χ0) is 105. The van der Waals surface area contributed by atoms with E-state index in [2.05, 4.69) is 93.3 Å². The summed E-state index contributed by atoms with van der Waals surface area (Å²) in [7, 11) is 14.2. The topological polar surface area (TPSA) is 963 Å². The van der Waals surface area contributed by atoms with Gasteiger partial charge in [-0.2, -0.15) is 0 Å². The molecule has 0 aromatic heterocycles. The number of morpholine rings is 1. The average Bonchev–Trinajstić information content (AvgIpc) is 0.848. The number of primary amides is 3. The van der Waals surface area contributed by atoms with Gasteiger partial charge in [-0.3, -0.25) is 28.8 Å². The molecule has 0 spiro atoms. The first kappa shape index (κ1) is 147. The monoisotopic (exact) mass is 2010 g/mol. The second-order valence-electron chi connectivity index (χ2n) is 21.1. The van der Waals surface area contributed by atoms with Crippen LogP contribution in [0.3, 0.4) is 0 Å². The normalized spacial score (nSPS) is 11.6. The number of cyclic esters (lactones) is 1. The number of esters is 15. The van der Waals surface area contributed by atoms with Gasteiger partial charge < -0.3 is 184 Å². The van der Waals surface area contributed by atoms with Gasteiger partial charge in [0, 0.05) is 38.7 Å². The van der Waals surface area contributed by atoms with E-state index in [9.17, 15) is 135 Å². The van der Waals surface area contributed by atoms with Crippen LogP contribution < -0.4 is 248 Å². The number of hydrogen-bond acceptors (Lipinski definition) is 52. The number of carbonyl (C=O) groups excluding carboxylic acids is 24. The second-order valence-corrected chi connectivity index (χ2v) is 21.1. The largest absolute Gasteiger partial charge is 1.00 e. The predicted molar refractivity (Wildman–Crippen MR) is 431 cm³/mol. The Bertz CT molecular complexity index is 4410. The Hall–Kier alpha value is -13.3. The molecule has 25 N–H and O–H groups in total. The van der Waals surface area contributed by atoms with Gasteiger partial charge in [-0.25, -0.2) is 76.7 Å². The van der Waals surface area contributed by atoms with E-state index >= 15 is 0 Å². The molecule has 1 aliphatic heterocycles. The van der Waals surface area contributed by atoms with Crippen LogP contribution in [0, 0.1) is 0 Å². The van der Waals surface area contributed by atoms with E-state index in [1.807, 2.05) is 30.3 Å². The van der Waals surface area contributed by atoms with Crippen molar-refractivity contribution in [1.29, 1.82) is 0 Å². The Morgan fingerprint density at radius 1 is 0.422 bits per heavy atom. The molecule has 1 saturated heterocycles. The van der Waals surface area contributed by atoms with Crippen LogP contribution in [-0.2, 0) is 197 Å². The summed E-state index contributed by atoms with van der Waals surface area (Å²) in [6.45, 7) is 6.97. The number of ketones is 1. The van der Waals surface area contributed by atoms with Crippen LogP contribution >= 0.6 is 0 Å². The summed E-state index contributed by atoms with van der Waals surface area (Å²) < 4.78 is 64.9. The van der Waals surface area contributed by atoms with Crippen molar-refractivity contribution in [3.8, 4) is 0 Å². The van der Waals surface area contributed by atoms with Gasteiger partial charge in [-0.15, -0.1) is 0 Å². The van der Waals surface area contributed by atoms with Crippen LogP contribution in [0.1, 0.15) is 39.7 Å². The molecule has 1 aromatic rings. The molecular weight excluding hydrogens is 1910 g/mol. The summed E-state index contributed by atoms with van der Waals surface area (Å²) in [5, 5.41) is 47.3. The molecule has 1 aliphatic rings. The molecule has 135 heavy (non-hydrogen) atoms. The number of Topliss-reactive ketones (excluding diaryl/α,β-unsaturated/α-hetero) is 1. The fraction of sp³-hybridized carbons (Fsp3) is 0.311. The first-order valence-corrected chi connectivity index (χ1v) is 34.7. The summed E-state index contributed by atoms with van der Waals surface area (Å²) in [5.41, 5.74) is 46.9. The number of nitrogens with two attached hydrogens (primary N) is 10. The number of hydrogen-bond donors (Lipinski definition) is 15. The van der Waals surface area contributed by atoms with Crippen molar-refractivity contribution in [2.75, 3.05) is 112 Å². The number of carboxylic acid groups (broad SMARTS) is 4. The fourth-order valence-electron chi connectivity index (χ4n) is 5.57. The molecule has 58 nitrogen and oxygen atoms in total. The summed E-state index contributed by atoms with van der Waals surface area (Å²) >= 11 is 0. The van der Waals surface area contributed by atoms with E-state index < -0.39 is 173 Å². The Morgan fingerprint density at radius 2 is 0.741 bits per heavy atom. The molecule has 1 heterocycles. The number of nitrogens with one attached hydrogen (secondary N) is 4. The van der Waals surface area contributed by atoms with Crippen molar-refractivity contribution in [3.63, 3.8) is 0 Å². The van der Waals surface area contributed by atoms with E-state index in [1.165, 1.54) is 63.7 Å². The summed E-state index contributed by atoms with van der Waals surface area (Å²) in [4.78, 5) is 262. The van der Waals surface area contributed by atoms with E-state index in [4.69, 9.17) is 61.4 Å². The molecule has 1 atom stereocenters. The maximum absolute atomic E-state index is 11.5. The van der Waals surface area contributed by atoms with Gasteiger partial charge in [0.25, 0.3) is 17.7 Å². The molecule has 734 valence electrons. The molecule has 5 amide bonds. The minimum Gasteiger partial charge on any atom is -0.543 e. The third-order valence-electron chi connectivity index (χ3n) is 11.6. The molecule has 0 saturated carbocycles. The van der Waals surface area contributed by atoms with Crippen LogP contribution in [0.4, 0.5) is 0 Å². The van der Waals surface area contributed by atoms with Crippen LogP contribution in [0.5, 0.6) is 0 Å². The van der Waals surface area contributed by atoms with E-state index in [0.717, 1.165) is 82.6 Å². The van der Waals surface area contributed by atoms with Crippen LogP contribution in [0.2, 0.25) is 0 Å². The summed E-state index contributed by atoms with van der Waals surface area (Å²) in [6.07, 6.45) is 7.49. The number of carboxylic acids is 4. The van der Waals surface area contributed by atoms with Crippen molar-refractivity contribution >= 4 is 149 Å². The number of ether oxygens (including phenoxy) is 15. The zero-order valence-corrected chi connectivity index (χ0v) is 85.6. The minimum absolute atomic E-state index is 0. The van der Waals surface area contributed by atoms with Crippen molar-refractivity contribution in [3.05, 3.63) is 154 Å². The zero-order valence-electron chi connectivity index (χ0n) is 76.3. The predicted octanol–water partition coefficient (Wildman–Crippen LogP) is -22.1. The number of benzene rings is 1. The fourth-order valence-corrected chi connectivity index (χ4v) is 5.57. The third kappa shape index (κ3) is 89.7. The van der Waals surface area contributed by atoms with Crippen molar-refractivity contribution in [1.82, 2.24) is 21.3 Å². The quantitative estimate of drug-likeness (QED) is 0.00849. The van der Waals surface area contributed by atoms with Gasteiger partial charge in [0.2, 0.25) is 17.6 Å². The third-order valence-corrected chi connectivity index (χ3v) is 11.6. The van der Waals surface area contributed by atoms with Crippen LogP contribution in [0.15, 0.2) is 148 Å². The second kappa shape index (κ2) is 91.2. The smallest absolute Gasteiger partial charge is 0.543 e. The molecule has 0 aliphatic carbocycles. The number of amides is 5. The number of rotatable bonds is 30. The molecule has 61 heteroatoms. The maximum Gasteiger partial charge on any atom is 1.00 e. The number of aliphatic carboxylic acids is 4. The van der Waals surface area contributed by atoms with Crippen LogP contribution in [-0.4, -0.2) is 272 Å². The molecule has 1 unspecified atom stereocenters. The summed E-state index contributed by atoms with van der Waals surface area (Å²) in [5.74, 6) is -21.8. The number of methoxy groups -OCH3 is 11. The van der Waals surface area contributed by atoms with Gasteiger partial charge in [-0.1, -0.05) is 30.3 Å². The number of carbonyl (C=O) groups is 25. The molecule has 1 aromatic carbocycles. The molecule has 1 fully saturated rings. The summed E-state index contributed by atoms with van der Waals surface area (Å²) in [6, 6.07) is 8.57. The number of likely N-dealkylation sites (N-methyl/N-ethyl adjacent to an activating group) is 1. The van der Waals surface area contributed by atoms with E-state index in [1.54, 1.807) is 20.8 Å².